The standard InChI is InChI=1S/C20H27N3O3S.ClH/c1-4-20(21,5-2)14-22-19(24)16-8-12-18(13-9-16)27(25,26)23-17-10-6-15(3)7-11-17;/h6-13,23H,4-5,14,21H2,1-3H3,(H,22,24);1H. The molecule has 2 aromatic rings. The smallest absolute Gasteiger partial charge is 0.261 e. The Morgan fingerprint density at radius 2 is 1.54 bits per heavy atom. The topological polar surface area (TPSA) is 101 Å². The minimum atomic E-state index is -3.71. The second-order valence-corrected chi connectivity index (χ2v) is 8.43. The van der Waals surface area contributed by atoms with Crippen molar-refractivity contribution in [3.05, 3.63) is 59.7 Å². The Labute approximate surface area is 173 Å². The molecule has 1 amide bonds. The Balaban J connectivity index is 0.00000392. The normalized spacial score (nSPS) is 11.4. The van der Waals surface area contributed by atoms with Gasteiger partial charge in [0.25, 0.3) is 15.9 Å². The molecule has 4 N–H and O–H groups in total. The van der Waals surface area contributed by atoms with Gasteiger partial charge >= 0.3 is 0 Å². The first-order valence-electron chi connectivity index (χ1n) is 8.96. The van der Waals surface area contributed by atoms with Crippen molar-refractivity contribution >= 4 is 34.0 Å². The molecule has 0 atom stereocenters. The number of amides is 1. The molecule has 0 radical (unpaired) electrons. The number of rotatable bonds is 8. The number of nitrogens with one attached hydrogen (secondary N) is 2. The van der Waals surface area contributed by atoms with E-state index in [4.69, 9.17) is 5.73 Å². The number of aryl methyl sites for hydroxylation is 1. The van der Waals surface area contributed by atoms with Crippen molar-refractivity contribution in [3.63, 3.8) is 0 Å². The van der Waals surface area contributed by atoms with E-state index in [1.165, 1.54) is 24.3 Å². The lowest BCUT2D eigenvalue weighted by molar-refractivity contribution is 0.0942. The maximum absolute atomic E-state index is 12.5. The fourth-order valence-electron chi connectivity index (χ4n) is 2.48. The van der Waals surface area contributed by atoms with Gasteiger partial charge in [0.15, 0.2) is 0 Å². The summed E-state index contributed by atoms with van der Waals surface area (Å²) in [5, 5.41) is 2.82. The zero-order chi connectivity index (χ0) is 20.1. The summed E-state index contributed by atoms with van der Waals surface area (Å²) in [6.07, 6.45) is 1.51. The van der Waals surface area contributed by atoms with Crippen LogP contribution < -0.4 is 15.8 Å². The predicted octanol–water partition coefficient (Wildman–Crippen LogP) is 3.46. The summed E-state index contributed by atoms with van der Waals surface area (Å²) in [7, 11) is -3.71. The van der Waals surface area contributed by atoms with Gasteiger partial charge in [-0.2, -0.15) is 0 Å². The fourth-order valence-corrected chi connectivity index (χ4v) is 3.54. The van der Waals surface area contributed by atoms with E-state index in [0.717, 1.165) is 18.4 Å². The van der Waals surface area contributed by atoms with Gasteiger partial charge < -0.3 is 11.1 Å². The van der Waals surface area contributed by atoms with Crippen LogP contribution in [-0.2, 0) is 10.0 Å². The molecule has 2 rings (SSSR count). The minimum absolute atomic E-state index is 0. The van der Waals surface area contributed by atoms with Crippen molar-refractivity contribution in [2.75, 3.05) is 11.3 Å². The molecular weight excluding hydrogens is 398 g/mol. The van der Waals surface area contributed by atoms with Gasteiger partial charge in [-0.3, -0.25) is 9.52 Å². The molecule has 0 fully saturated rings. The van der Waals surface area contributed by atoms with Crippen molar-refractivity contribution in [1.82, 2.24) is 5.32 Å². The summed E-state index contributed by atoms with van der Waals surface area (Å²) in [4.78, 5) is 12.4. The molecule has 0 bridgehead atoms. The first kappa shape index (κ1) is 23.9. The highest BCUT2D eigenvalue weighted by molar-refractivity contribution is 7.92. The third-order valence-electron chi connectivity index (χ3n) is 4.74. The van der Waals surface area contributed by atoms with Crippen LogP contribution >= 0.6 is 12.4 Å². The van der Waals surface area contributed by atoms with Gasteiger partial charge in [-0.05, 0) is 56.2 Å². The maximum atomic E-state index is 12.5. The van der Waals surface area contributed by atoms with Crippen molar-refractivity contribution in [3.8, 4) is 0 Å². The highest BCUT2D eigenvalue weighted by Crippen LogP contribution is 2.17. The molecule has 0 heterocycles. The predicted molar refractivity (Wildman–Crippen MR) is 116 cm³/mol. The molecule has 0 unspecified atom stereocenters. The number of carbonyl (C=O) groups excluding carboxylic acids is 1. The molecule has 0 aromatic heterocycles. The van der Waals surface area contributed by atoms with Gasteiger partial charge in [0.1, 0.15) is 0 Å². The minimum Gasteiger partial charge on any atom is -0.350 e. The van der Waals surface area contributed by atoms with Gasteiger partial charge in [0.2, 0.25) is 0 Å². The Hall–Kier alpha value is -2.09. The molecule has 8 heteroatoms. The number of nitrogens with two attached hydrogens (primary N) is 1. The van der Waals surface area contributed by atoms with Gasteiger partial charge in [0.05, 0.1) is 4.90 Å². The molecule has 0 aliphatic rings. The summed E-state index contributed by atoms with van der Waals surface area (Å²) in [5.41, 5.74) is 7.67. The highest BCUT2D eigenvalue weighted by Gasteiger charge is 2.21. The number of anilines is 1. The lowest BCUT2D eigenvalue weighted by Crippen LogP contribution is -2.49. The summed E-state index contributed by atoms with van der Waals surface area (Å²) in [6.45, 7) is 6.26. The molecule has 0 aliphatic heterocycles. The van der Waals surface area contributed by atoms with Crippen LogP contribution in [0.5, 0.6) is 0 Å². The van der Waals surface area contributed by atoms with Crippen molar-refractivity contribution in [2.24, 2.45) is 5.73 Å². The largest absolute Gasteiger partial charge is 0.350 e. The molecule has 28 heavy (non-hydrogen) atoms. The summed E-state index contributed by atoms with van der Waals surface area (Å²) in [5.74, 6) is -0.276. The number of benzene rings is 2. The third-order valence-corrected chi connectivity index (χ3v) is 6.14. The Morgan fingerprint density at radius 1 is 1.00 bits per heavy atom. The molecule has 0 saturated carbocycles. The second-order valence-electron chi connectivity index (χ2n) is 6.75. The third kappa shape index (κ3) is 6.22. The fraction of sp³-hybridized carbons (Fsp3) is 0.350. The monoisotopic (exact) mass is 425 g/mol. The van der Waals surface area contributed by atoms with E-state index >= 15 is 0 Å². The van der Waals surface area contributed by atoms with Gasteiger partial charge in [-0.25, -0.2) is 8.42 Å². The van der Waals surface area contributed by atoms with Crippen LogP contribution in [-0.4, -0.2) is 26.4 Å². The van der Waals surface area contributed by atoms with Gasteiger partial charge in [-0.1, -0.05) is 31.5 Å². The maximum Gasteiger partial charge on any atom is 0.261 e. The van der Waals surface area contributed by atoms with E-state index in [1.807, 2.05) is 32.9 Å². The van der Waals surface area contributed by atoms with Crippen LogP contribution in [0.15, 0.2) is 53.4 Å². The molecule has 0 saturated heterocycles. The molecule has 2 aromatic carbocycles. The zero-order valence-electron chi connectivity index (χ0n) is 16.4. The van der Waals surface area contributed by atoms with E-state index in [0.29, 0.717) is 17.8 Å². The Kier molecular flexibility index (Phi) is 8.48. The van der Waals surface area contributed by atoms with E-state index in [1.54, 1.807) is 12.1 Å². The summed E-state index contributed by atoms with van der Waals surface area (Å²) in [6, 6.07) is 12.9. The average molecular weight is 426 g/mol. The van der Waals surface area contributed by atoms with E-state index < -0.39 is 15.6 Å². The second kappa shape index (κ2) is 9.91. The summed E-state index contributed by atoms with van der Waals surface area (Å²) < 4.78 is 27.5. The lowest BCUT2D eigenvalue weighted by atomic mass is 9.94. The van der Waals surface area contributed by atoms with E-state index in [9.17, 15) is 13.2 Å². The Morgan fingerprint density at radius 3 is 2.04 bits per heavy atom. The van der Waals surface area contributed by atoms with Gasteiger partial charge in [0, 0.05) is 23.3 Å². The molecule has 6 nitrogen and oxygen atoms in total. The number of sulfonamides is 1. The van der Waals surface area contributed by atoms with E-state index in [-0.39, 0.29) is 23.2 Å². The van der Waals surface area contributed by atoms with Crippen LogP contribution in [0.2, 0.25) is 0 Å². The highest BCUT2D eigenvalue weighted by atomic mass is 35.5. The van der Waals surface area contributed by atoms with Crippen LogP contribution in [0.3, 0.4) is 0 Å². The van der Waals surface area contributed by atoms with E-state index in [2.05, 4.69) is 10.0 Å². The number of carbonyl (C=O) groups is 1. The van der Waals surface area contributed by atoms with Crippen LogP contribution in [0, 0.1) is 6.92 Å². The van der Waals surface area contributed by atoms with Crippen molar-refractivity contribution in [1.29, 1.82) is 0 Å². The van der Waals surface area contributed by atoms with Gasteiger partial charge in [-0.15, -0.1) is 12.4 Å². The Bertz CT molecular complexity index is 878. The van der Waals surface area contributed by atoms with Crippen molar-refractivity contribution < 1.29 is 13.2 Å². The first-order chi connectivity index (χ1) is 12.7. The quantitative estimate of drug-likeness (QED) is 0.602. The van der Waals surface area contributed by atoms with Crippen LogP contribution in [0.1, 0.15) is 42.6 Å². The van der Waals surface area contributed by atoms with Crippen LogP contribution in [0.4, 0.5) is 5.69 Å². The van der Waals surface area contributed by atoms with Crippen LogP contribution in [0.25, 0.3) is 0 Å². The molecule has 154 valence electrons. The molecule has 0 aliphatic carbocycles. The summed E-state index contributed by atoms with van der Waals surface area (Å²) >= 11 is 0. The molecule has 0 spiro atoms. The number of hydrogen-bond donors (Lipinski definition) is 3. The molecular formula is C20H28ClN3O3S. The first-order valence-corrected chi connectivity index (χ1v) is 10.4. The SMILES string of the molecule is CCC(N)(CC)CNC(=O)c1ccc(S(=O)(=O)Nc2ccc(C)cc2)cc1.Cl. The lowest BCUT2D eigenvalue weighted by Gasteiger charge is -2.26. The van der Waals surface area contributed by atoms with Crippen molar-refractivity contribution in [2.45, 2.75) is 44.0 Å². The zero-order valence-corrected chi connectivity index (χ0v) is 18.0. The number of halogens is 1. The number of hydrogen-bond acceptors (Lipinski definition) is 4. The average Bonchev–Trinajstić information content (AvgIpc) is 2.67.